The van der Waals surface area contributed by atoms with Crippen LogP contribution in [0.1, 0.15) is 5.56 Å². The summed E-state index contributed by atoms with van der Waals surface area (Å²) in [7, 11) is 0. The molecule has 0 aliphatic rings. The predicted molar refractivity (Wildman–Crippen MR) is 110 cm³/mol. The highest BCUT2D eigenvalue weighted by Crippen LogP contribution is 2.34. The minimum atomic E-state index is 0.761. The van der Waals surface area contributed by atoms with Gasteiger partial charge >= 0.3 is 0 Å². The van der Waals surface area contributed by atoms with Crippen LogP contribution in [-0.2, 0) is 13.0 Å². The quantitative estimate of drug-likeness (QED) is 0.373. The molecule has 0 saturated carbocycles. The van der Waals surface area contributed by atoms with Gasteiger partial charge in [-0.2, -0.15) is 0 Å². The fraction of sp³-hybridized carbons (Fsp3) is 0.0833. The van der Waals surface area contributed by atoms with E-state index in [1.54, 1.807) is 0 Å². The van der Waals surface area contributed by atoms with Gasteiger partial charge in [0.05, 0.1) is 5.69 Å². The molecule has 0 radical (unpaired) electrons. The zero-order chi connectivity index (χ0) is 17.8. The first kappa shape index (κ1) is 16.7. The highest BCUT2D eigenvalue weighted by molar-refractivity contribution is 6.30. The van der Waals surface area contributed by atoms with Gasteiger partial charge in [-0.3, -0.25) is 0 Å². The third-order valence-electron chi connectivity index (χ3n) is 4.65. The lowest BCUT2D eigenvalue weighted by molar-refractivity contribution is 0.708. The Hall–Kier alpha value is -2.77. The van der Waals surface area contributed by atoms with Crippen molar-refractivity contribution in [3.8, 4) is 22.4 Å². The highest BCUT2D eigenvalue weighted by Gasteiger charge is 2.13. The van der Waals surface area contributed by atoms with Crippen LogP contribution in [-0.4, -0.2) is 4.57 Å². The van der Waals surface area contributed by atoms with Crippen molar-refractivity contribution in [1.29, 1.82) is 0 Å². The van der Waals surface area contributed by atoms with E-state index in [1.165, 1.54) is 27.9 Å². The molecule has 0 aliphatic carbocycles. The van der Waals surface area contributed by atoms with Gasteiger partial charge in [-0.1, -0.05) is 84.4 Å². The van der Waals surface area contributed by atoms with Crippen molar-refractivity contribution < 1.29 is 0 Å². The van der Waals surface area contributed by atoms with Gasteiger partial charge in [0, 0.05) is 23.3 Å². The SMILES string of the molecule is Clc1ccc(-c2c(-c3ccccc3)ccn2CCc2ccccc2)cc1. The molecule has 0 atom stereocenters. The lowest BCUT2D eigenvalue weighted by Gasteiger charge is -2.13. The minimum absolute atomic E-state index is 0.761. The summed E-state index contributed by atoms with van der Waals surface area (Å²) in [6, 6.07) is 31.5. The first-order chi connectivity index (χ1) is 12.8. The Labute approximate surface area is 159 Å². The molecule has 2 heteroatoms. The molecule has 0 unspecified atom stereocenters. The second-order valence-electron chi connectivity index (χ2n) is 6.38. The van der Waals surface area contributed by atoms with E-state index in [-0.39, 0.29) is 0 Å². The molecule has 0 fully saturated rings. The maximum Gasteiger partial charge on any atom is 0.0560 e. The van der Waals surface area contributed by atoms with E-state index >= 15 is 0 Å². The summed E-state index contributed by atoms with van der Waals surface area (Å²) in [5, 5.41) is 0.761. The van der Waals surface area contributed by atoms with Gasteiger partial charge in [0.15, 0.2) is 0 Å². The van der Waals surface area contributed by atoms with Crippen LogP contribution in [0.3, 0.4) is 0 Å². The van der Waals surface area contributed by atoms with E-state index in [9.17, 15) is 0 Å². The second-order valence-corrected chi connectivity index (χ2v) is 6.82. The standard InChI is InChI=1S/C24H20ClN/c25-22-13-11-21(12-14-22)24-23(20-9-5-2-6-10-20)16-18-26(24)17-15-19-7-3-1-4-8-19/h1-14,16,18H,15,17H2. The number of hydrogen-bond donors (Lipinski definition) is 0. The Morgan fingerprint density at radius 1 is 0.654 bits per heavy atom. The molecule has 0 amide bonds. The summed E-state index contributed by atoms with van der Waals surface area (Å²) >= 11 is 6.10. The second kappa shape index (κ2) is 7.63. The fourth-order valence-electron chi connectivity index (χ4n) is 3.33. The van der Waals surface area contributed by atoms with Gasteiger partial charge in [-0.05, 0) is 41.3 Å². The molecule has 1 aromatic heterocycles. The summed E-state index contributed by atoms with van der Waals surface area (Å²) in [5.41, 5.74) is 6.26. The third kappa shape index (κ3) is 3.58. The van der Waals surface area contributed by atoms with Crippen molar-refractivity contribution in [2.75, 3.05) is 0 Å². The molecule has 0 aliphatic heterocycles. The van der Waals surface area contributed by atoms with Crippen molar-refractivity contribution in [2.24, 2.45) is 0 Å². The Balaban J connectivity index is 1.74. The number of hydrogen-bond acceptors (Lipinski definition) is 0. The van der Waals surface area contributed by atoms with Crippen molar-refractivity contribution >= 4 is 11.6 Å². The van der Waals surface area contributed by atoms with Crippen molar-refractivity contribution in [3.63, 3.8) is 0 Å². The molecule has 26 heavy (non-hydrogen) atoms. The monoisotopic (exact) mass is 357 g/mol. The summed E-state index contributed by atoms with van der Waals surface area (Å²) < 4.78 is 2.35. The predicted octanol–water partition coefficient (Wildman–Crippen LogP) is 6.72. The van der Waals surface area contributed by atoms with Crippen LogP contribution >= 0.6 is 11.6 Å². The highest BCUT2D eigenvalue weighted by atomic mass is 35.5. The zero-order valence-electron chi connectivity index (χ0n) is 14.5. The molecular formula is C24H20ClN. The molecule has 128 valence electrons. The van der Waals surface area contributed by atoms with Crippen LogP contribution in [0.15, 0.2) is 97.2 Å². The number of halogens is 1. The van der Waals surface area contributed by atoms with Crippen molar-refractivity contribution in [3.05, 3.63) is 108 Å². The number of benzene rings is 3. The first-order valence-corrected chi connectivity index (χ1v) is 9.23. The van der Waals surface area contributed by atoms with E-state index in [0.717, 1.165) is 18.0 Å². The van der Waals surface area contributed by atoms with E-state index in [4.69, 9.17) is 11.6 Å². The molecule has 0 saturated heterocycles. The lowest BCUT2D eigenvalue weighted by atomic mass is 10.0. The van der Waals surface area contributed by atoms with Gasteiger partial charge in [0.2, 0.25) is 0 Å². The number of rotatable bonds is 5. The average Bonchev–Trinajstić information content (AvgIpc) is 3.12. The Morgan fingerprint density at radius 2 is 1.31 bits per heavy atom. The molecule has 0 N–H and O–H groups in total. The summed E-state index contributed by atoms with van der Waals surface area (Å²) in [6.45, 7) is 0.939. The van der Waals surface area contributed by atoms with Crippen LogP contribution in [0, 0.1) is 0 Å². The normalized spacial score (nSPS) is 10.8. The Bertz CT molecular complexity index is 970. The molecule has 0 spiro atoms. The van der Waals surface area contributed by atoms with Crippen LogP contribution in [0.4, 0.5) is 0 Å². The molecule has 4 aromatic rings. The van der Waals surface area contributed by atoms with Crippen LogP contribution in [0.2, 0.25) is 5.02 Å². The van der Waals surface area contributed by atoms with E-state index in [1.807, 2.05) is 12.1 Å². The topological polar surface area (TPSA) is 4.93 Å². The largest absolute Gasteiger partial charge is 0.347 e. The van der Waals surface area contributed by atoms with Gasteiger partial charge in [0.1, 0.15) is 0 Å². The van der Waals surface area contributed by atoms with Crippen LogP contribution < -0.4 is 0 Å². The van der Waals surface area contributed by atoms with Gasteiger partial charge in [0.25, 0.3) is 0 Å². The van der Waals surface area contributed by atoms with Gasteiger partial charge in [-0.15, -0.1) is 0 Å². The number of aromatic nitrogens is 1. The summed E-state index contributed by atoms with van der Waals surface area (Å²) in [6.07, 6.45) is 3.19. The van der Waals surface area contributed by atoms with E-state index < -0.39 is 0 Å². The average molecular weight is 358 g/mol. The van der Waals surface area contributed by atoms with Crippen LogP contribution in [0.5, 0.6) is 0 Å². The molecular weight excluding hydrogens is 338 g/mol. The Kier molecular flexibility index (Phi) is 4.90. The maximum atomic E-state index is 6.10. The maximum absolute atomic E-state index is 6.10. The van der Waals surface area contributed by atoms with Gasteiger partial charge < -0.3 is 4.57 Å². The molecule has 3 aromatic carbocycles. The Morgan fingerprint density at radius 3 is 2.00 bits per heavy atom. The lowest BCUT2D eigenvalue weighted by Crippen LogP contribution is -2.02. The zero-order valence-corrected chi connectivity index (χ0v) is 15.2. The minimum Gasteiger partial charge on any atom is -0.347 e. The van der Waals surface area contributed by atoms with Gasteiger partial charge in [-0.25, -0.2) is 0 Å². The van der Waals surface area contributed by atoms with Crippen molar-refractivity contribution in [1.82, 2.24) is 4.57 Å². The third-order valence-corrected chi connectivity index (χ3v) is 4.90. The smallest absolute Gasteiger partial charge is 0.0560 e. The molecule has 1 heterocycles. The van der Waals surface area contributed by atoms with Crippen LogP contribution in [0.25, 0.3) is 22.4 Å². The number of aryl methyl sites for hydroxylation is 2. The summed E-state index contributed by atoms with van der Waals surface area (Å²) in [5.74, 6) is 0. The first-order valence-electron chi connectivity index (χ1n) is 8.86. The summed E-state index contributed by atoms with van der Waals surface area (Å²) in [4.78, 5) is 0. The molecule has 4 rings (SSSR count). The van der Waals surface area contributed by atoms with E-state index in [0.29, 0.717) is 0 Å². The van der Waals surface area contributed by atoms with E-state index in [2.05, 4.69) is 89.6 Å². The fourth-order valence-corrected chi connectivity index (χ4v) is 3.46. The number of nitrogens with zero attached hydrogens (tertiary/aromatic N) is 1. The molecule has 0 bridgehead atoms. The van der Waals surface area contributed by atoms with Crippen molar-refractivity contribution in [2.45, 2.75) is 13.0 Å². The molecule has 1 nitrogen and oxygen atoms in total.